The fourth-order valence-electron chi connectivity index (χ4n) is 3.47. The smallest absolute Gasteiger partial charge is 0.433 e. The number of urea groups is 1. The monoisotopic (exact) mass is 449 g/mol. The summed E-state index contributed by atoms with van der Waals surface area (Å²) in [5.41, 5.74) is 1.60. The number of amides is 2. The van der Waals surface area contributed by atoms with Gasteiger partial charge in [-0.15, -0.1) is 0 Å². The number of allylic oxidation sites excluding steroid dienone is 1. The second-order valence-electron chi connectivity index (χ2n) is 7.26. The first-order valence-electron chi connectivity index (χ1n) is 10.6. The Morgan fingerprint density at radius 2 is 2.00 bits per heavy atom. The van der Waals surface area contributed by atoms with Crippen molar-refractivity contribution in [3.8, 4) is 0 Å². The van der Waals surface area contributed by atoms with Crippen LogP contribution in [-0.2, 0) is 11.3 Å². The summed E-state index contributed by atoms with van der Waals surface area (Å²) in [6.45, 7) is 9.41. The van der Waals surface area contributed by atoms with E-state index in [4.69, 9.17) is 4.74 Å². The fraction of sp³-hybridized carbons (Fsp3) is 0.250. The van der Waals surface area contributed by atoms with Crippen LogP contribution in [0.5, 0.6) is 0 Å². The third-order valence-corrected chi connectivity index (χ3v) is 5.09. The van der Waals surface area contributed by atoms with E-state index in [0.29, 0.717) is 0 Å². The highest BCUT2D eigenvalue weighted by Crippen LogP contribution is 2.17. The molecule has 0 spiro atoms. The molecule has 9 nitrogen and oxygen atoms in total. The largest absolute Gasteiger partial charge is 0.448 e. The van der Waals surface area contributed by atoms with Crippen molar-refractivity contribution in [2.45, 2.75) is 33.4 Å². The van der Waals surface area contributed by atoms with E-state index in [9.17, 15) is 14.4 Å². The second-order valence-corrected chi connectivity index (χ2v) is 7.26. The van der Waals surface area contributed by atoms with Crippen LogP contribution in [0.15, 0.2) is 71.7 Å². The summed E-state index contributed by atoms with van der Waals surface area (Å²) >= 11 is 0. The van der Waals surface area contributed by atoms with Gasteiger partial charge in [0.15, 0.2) is 0 Å². The predicted octanol–water partition coefficient (Wildman–Crippen LogP) is 3.89. The fourth-order valence-corrected chi connectivity index (χ4v) is 3.47. The number of carbonyl (C=O) groups is 2. The van der Waals surface area contributed by atoms with E-state index in [1.54, 1.807) is 13.0 Å². The maximum atomic E-state index is 13.1. The van der Waals surface area contributed by atoms with Gasteiger partial charge in [0.1, 0.15) is 5.82 Å². The first-order valence-corrected chi connectivity index (χ1v) is 10.6. The maximum Gasteiger partial charge on any atom is 0.433 e. The standard InChI is InChI=1S/C24H27N5O4/c1-5-18(6-2)16(4)26-23(31)27-21-13-20-19(14-25-21)22(30)28(29(20)24(32)33-7-3)15-17-11-9-8-10-12-17/h5-6,8-14,16H,1,7,15H2,2-4H3,(H2,25,26,27,31). The predicted molar refractivity (Wildman–Crippen MR) is 128 cm³/mol. The van der Waals surface area contributed by atoms with E-state index in [-0.39, 0.29) is 41.5 Å². The minimum atomic E-state index is -0.695. The Kier molecular flexibility index (Phi) is 7.45. The van der Waals surface area contributed by atoms with E-state index in [1.165, 1.54) is 21.6 Å². The van der Waals surface area contributed by atoms with Gasteiger partial charge in [0, 0.05) is 12.3 Å². The molecule has 0 radical (unpaired) electrons. The molecule has 172 valence electrons. The zero-order valence-electron chi connectivity index (χ0n) is 18.9. The number of nitrogens with zero attached hydrogens (tertiary/aromatic N) is 3. The summed E-state index contributed by atoms with van der Waals surface area (Å²) in [6.07, 6.45) is 4.17. The molecule has 33 heavy (non-hydrogen) atoms. The van der Waals surface area contributed by atoms with Gasteiger partial charge in [0.05, 0.1) is 30.1 Å². The number of hydrogen-bond acceptors (Lipinski definition) is 5. The molecule has 0 saturated carbocycles. The molecular weight excluding hydrogens is 422 g/mol. The second kappa shape index (κ2) is 10.4. The third kappa shape index (κ3) is 5.20. The summed E-state index contributed by atoms with van der Waals surface area (Å²) in [5.74, 6) is 0.183. The van der Waals surface area contributed by atoms with Gasteiger partial charge < -0.3 is 10.1 Å². The minimum Gasteiger partial charge on any atom is -0.448 e. The molecule has 1 aromatic carbocycles. The van der Waals surface area contributed by atoms with Crippen molar-refractivity contribution in [3.05, 3.63) is 82.8 Å². The van der Waals surface area contributed by atoms with E-state index >= 15 is 0 Å². The molecule has 2 aromatic heterocycles. The molecule has 1 atom stereocenters. The van der Waals surface area contributed by atoms with Crippen LogP contribution in [0.2, 0.25) is 0 Å². The van der Waals surface area contributed by atoms with Gasteiger partial charge in [-0.05, 0) is 31.9 Å². The Morgan fingerprint density at radius 1 is 1.27 bits per heavy atom. The molecule has 2 heterocycles. The summed E-state index contributed by atoms with van der Waals surface area (Å²) < 4.78 is 7.66. The molecule has 0 fully saturated rings. The maximum absolute atomic E-state index is 13.1. The molecule has 0 aliphatic heterocycles. The highest BCUT2D eigenvalue weighted by molar-refractivity contribution is 5.93. The highest BCUT2D eigenvalue weighted by Gasteiger charge is 2.21. The van der Waals surface area contributed by atoms with Crippen LogP contribution >= 0.6 is 0 Å². The van der Waals surface area contributed by atoms with Gasteiger partial charge in [-0.2, -0.15) is 4.68 Å². The zero-order chi connectivity index (χ0) is 24.0. The minimum absolute atomic E-state index is 0.144. The number of anilines is 1. The normalized spacial score (nSPS) is 12.3. The van der Waals surface area contributed by atoms with Crippen LogP contribution in [-0.4, -0.2) is 39.1 Å². The van der Waals surface area contributed by atoms with Crippen molar-refractivity contribution in [2.75, 3.05) is 11.9 Å². The first-order chi connectivity index (χ1) is 15.9. The van der Waals surface area contributed by atoms with Crippen LogP contribution in [0, 0.1) is 0 Å². The quantitative estimate of drug-likeness (QED) is 0.532. The lowest BCUT2D eigenvalue weighted by molar-refractivity contribution is 0.147. The van der Waals surface area contributed by atoms with E-state index in [2.05, 4.69) is 22.2 Å². The Hall–Kier alpha value is -4.14. The summed E-state index contributed by atoms with van der Waals surface area (Å²) in [6, 6.07) is 10.0. The summed E-state index contributed by atoms with van der Waals surface area (Å²) in [4.78, 5) is 42.4. The molecular formula is C24H27N5O4. The van der Waals surface area contributed by atoms with Crippen molar-refractivity contribution in [1.82, 2.24) is 19.7 Å². The molecule has 0 saturated heterocycles. The zero-order valence-corrected chi connectivity index (χ0v) is 18.9. The average molecular weight is 450 g/mol. The number of carbonyl (C=O) groups excluding carboxylic acids is 2. The molecule has 0 aliphatic carbocycles. The summed E-state index contributed by atoms with van der Waals surface area (Å²) in [5, 5.41) is 5.67. The Balaban J connectivity index is 1.98. The van der Waals surface area contributed by atoms with Gasteiger partial charge in [-0.3, -0.25) is 10.1 Å². The van der Waals surface area contributed by atoms with E-state index in [0.717, 1.165) is 11.1 Å². The van der Waals surface area contributed by atoms with E-state index < -0.39 is 12.1 Å². The van der Waals surface area contributed by atoms with Crippen LogP contribution in [0.1, 0.15) is 26.3 Å². The number of fused-ring (bicyclic) bond motifs is 1. The lowest BCUT2D eigenvalue weighted by atomic mass is 10.1. The first kappa shape index (κ1) is 23.5. The number of aromatic nitrogens is 3. The molecule has 2 N–H and O–H groups in total. The van der Waals surface area contributed by atoms with Crippen molar-refractivity contribution in [1.29, 1.82) is 0 Å². The number of hydrogen-bond donors (Lipinski definition) is 2. The van der Waals surface area contributed by atoms with Gasteiger partial charge in [0.25, 0.3) is 5.56 Å². The van der Waals surface area contributed by atoms with Gasteiger partial charge in [0.2, 0.25) is 0 Å². The number of benzene rings is 1. The molecule has 9 heteroatoms. The van der Waals surface area contributed by atoms with Crippen molar-refractivity contribution in [2.24, 2.45) is 0 Å². The van der Waals surface area contributed by atoms with Crippen LogP contribution in [0.3, 0.4) is 0 Å². The summed E-state index contributed by atoms with van der Waals surface area (Å²) in [7, 11) is 0. The van der Waals surface area contributed by atoms with Crippen LogP contribution in [0.4, 0.5) is 15.4 Å². The molecule has 2 amide bonds. The topological polar surface area (TPSA) is 107 Å². The molecule has 0 aliphatic rings. The molecule has 0 bridgehead atoms. The average Bonchev–Trinajstić information content (AvgIpc) is 3.06. The molecule has 1 unspecified atom stereocenters. The number of nitrogens with one attached hydrogen (secondary N) is 2. The Morgan fingerprint density at radius 3 is 2.64 bits per heavy atom. The SMILES string of the molecule is C=CC(=CC)C(C)NC(=O)Nc1cc2c(cn1)c(=O)n(Cc1ccccc1)n2C(=O)OCC. The van der Waals surface area contributed by atoms with Crippen LogP contribution < -0.4 is 16.2 Å². The Bertz CT molecular complexity index is 1260. The van der Waals surface area contributed by atoms with Crippen molar-refractivity contribution >= 4 is 28.8 Å². The lowest BCUT2D eigenvalue weighted by Crippen LogP contribution is -2.37. The number of rotatable bonds is 7. The third-order valence-electron chi connectivity index (χ3n) is 5.09. The van der Waals surface area contributed by atoms with Crippen molar-refractivity contribution in [3.63, 3.8) is 0 Å². The highest BCUT2D eigenvalue weighted by atomic mass is 16.6. The number of ether oxygens (including phenoxy) is 1. The lowest BCUT2D eigenvalue weighted by Gasteiger charge is -2.15. The number of pyridine rings is 1. The van der Waals surface area contributed by atoms with Crippen LogP contribution in [0.25, 0.3) is 10.9 Å². The molecule has 3 rings (SSSR count). The van der Waals surface area contributed by atoms with Gasteiger partial charge in [-0.1, -0.05) is 49.1 Å². The molecule has 3 aromatic rings. The van der Waals surface area contributed by atoms with Crippen molar-refractivity contribution < 1.29 is 14.3 Å². The Labute approximate surface area is 191 Å². The van der Waals surface area contributed by atoms with Gasteiger partial charge >= 0.3 is 12.1 Å². The van der Waals surface area contributed by atoms with E-state index in [1.807, 2.05) is 50.3 Å². The van der Waals surface area contributed by atoms with Gasteiger partial charge in [-0.25, -0.2) is 19.3 Å².